The number of rotatable bonds is 6. The zero-order valence-corrected chi connectivity index (χ0v) is 12.6. The third-order valence-corrected chi connectivity index (χ3v) is 3.88. The molecule has 0 amide bonds. The highest BCUT2D eigenvalue weighted by Gasteiger charge is 2.24. The molecule has 2 rings (SSSR count). The highest BCUT2D eigenvalue weighted by atomic mass is 16.5. The lowest BCUT2D eigenvalue weighted by molar-refractivity contribution is 0.0826. The van der Waals surface area contributed by atoms with Crippen LogP contribution in [-0.2, 0) is 0 Å². The Bertz CT molecular complexity index is 470. The molecule has 1 aromatic carbocycles. The Morgan fingerprint density at radius 1 is 1.35 bits per heavy atom. The van der Waals surface area contributed by atoms with E-state index < -0.39 is 0 Å². The van der Waals surface area contributed by atoms with Crippen LogP contribution in [0.25, 0.3) is 0 Å². The van der Waals surface area contributed by atoms with Gasteiger partial charge in [0.25, 0.3) is 0 Å². The first kappa shape index (κ1) is 14.9. The molecule has 0 saturated heterocycles. The second-order valence-electron chi connectivity index (χ2n) is 5.00. The Morgan fingerprint density at radius 3 is 2.75 bits per heavy atom. The molecule has 1 atom stereocenters. The molecule has 0 aromatic heterocycles. The number of hydrogen-bond donors (Lipinski definition) is 1. The average Bonchev–Trinajstić information content (AvgIpc) is 2.51. The van der Waals surface area contributed by atoms with Crippen molar-refractivity contribution in [2.75, 3.05) is 31.6 Å². The first-order chi connectivity index (χ1) is 9.71. The van der Waals surface area contributed by atoms with Crippen molar-refractivity contribution in [3.8, 4) is 5.75 Å². The molecule has 0 saturated carbocycles. The fraction of sp³-hybridized carbons (Fsp3) is 0.562. The van der Waals surface area contributed by atoms with Crippen LogP contribution in [0, 0.1) is 0 Å². The molecule has 1 heterocycles. The van der Waals surface area contributed by atoms with Gasteiger partial charge in [-0.05, 0) is 37.7 Å². The van der Waals surface area contributed by atoms with Crippen LogP contribution in [0.5, 0.6) is 5.75 Å². The maximum absolute atomic E-state index is 12.7. The molecule has 1 aliphatic rings. The van der Waals surface area contributed by atoms with E-state index in [-0.39, 0.29) is 11.8 Å². The number of nitrogens with zero attached hydrogens (tertiary/aromatic N) is 1. The number of nitrogens with one attached hydrogen (secondary N) is 1. The minimum Gasteiger partial charge on any atom is -0.490 e. The quantitative estimate of drug-likeness (QED) is 0.811. The number of carbonyl (C=O) groups is 1. The maximum Gasteiger partial charge on any atom is 0.180 e. The van der Waals surface area contributed by atoms with Crippen LogP contribution < -0.4 is 10.1 Å². The van der Waals surface area contributed by atoms with E-state index in [2.05, 4.69) is 31.0 Å². The van der Waals surface area contributed by atoms with E-state index in [0.29, 0.717) is 6.61 Å². The molecule has 20 heavy (non-hydrogen) atoms. The number of likely N-dealkylation sites (N-methyl/N-ethyl adjacent to an activating group) is 1. The summed E-state index contributed by atoms with van der Waals surface area (Å²) in [5, 5.41) is 3.28. The fourth-order valence-electron chi connectivity index (χ4n) is 2.76. The van der Waals surface area contributed by atoms with Gasteiger partial charge in [0.05, 0.1) is 11.7 Å². The van der Waals surface area contributed by atoms with E-state index in [4.69, 9.17) is 4.74 Å². The summed E-state index contributed by atoms with van der Waals surface area (Å²) >= 11 is 0. The molecule has 1 N–H and O–H groups in total. The number of Topliss-reactive ketones (excluding diaryl/α,β-unsaturated/α-hetero) is 1. The van der Waals surface area contributed by atoms with Gasteiger partial charge in [-0.1, -0.05) is 20.8 Å². The van der Waals surface area contributed by atoms with Crippen molar-refractivity contribution in [2.45, 2.75) is 33.2 Å². The molecular formula is C16H24N2O2. The van der Waals surface area contributed by atoms with Crippen LogP contribution in [0.4, 0.5) is 5.69 Å². The van der Waals surface area contributed by atoms with Crippen LogP contribution >= 0.6 is 0 Å². The number of fused-ring (bicyclic) bond motifs is 1. The molecule has 1 aromatic rings. The molecule has 0 fully saturated rings. The smallest absolute Gasteiger partial charge is 0.180 e. The third kappa shape index (κ3) is 2.96. The van der Waals surface area contributed by atoms with Crippen molar-refractivity contribution in [1.29, 1.82) is 0 Å². The molecule has 0 aliphatic carbocycles. The predicted octanol–water partition coefficient (Wildman–Crippen LogP) is 2.79. The van der Waals surface area contributed by atoms with Gasteiger partial charge in [-0.15, -0.1) is 0 Å². The monoisotopic (exact) mass is 276 g/mol. The Labute approximate surface area is 121 Å². The van der Waals surface area contributed by atoms with E-state index in [0.717, 1.165) is 43.1 Å². The molecule has 0 radical (unpaired) electrons. The fourth-order valence-corrected chi connectivity index (χ4v) is 2.76. The standard InChI is InChI=1S/C16H24N2O2/c1-4-14(18(5-2)6-3)16(19)12-7-8-15-13(11-12)17-9-10-20-15/h7-8,11,14,17H,4-6,9-10H2,1-3H3. The topological polar surface area (TPSA) is 41.6 Å². The second kappa shape index (κ2) is 6.75. The second-order valence-corrected chi connectivity index (χ2v) is 5.00. The number of carbonyl (C=O) groups excluding carboxylic acids is 1. The number of benzene rings is 1. The molecule has 1 unspecified atom stereocenters. The first-order valence-electron chi connectivity index (χ1n) is 7.50. The van der Waals surface area contributed by atoms with E-state index >= 15 is 0 Å². The summed E-state index contributed by atoms with van der Waals surface area (Å²) in [6, 6.07) is 5.65. The molecule has 4 heteroatoms. The molecule has 110 valence electrons. The lowest BCUT2D eigenvalue weighted by Crippen LogP contribution is -2.40. The van der Waals surface area contributed by atoms with E-state index in [9.17, 15) is 4.79 Å². The van der Waals surface area contributed by atoms with Crippen molar-refractivity contribution in [1.82, 2.24) is 4.90 Å². The molecular weight excluding hydrogens is 252 g/mol. The Balaban J connectivity index is 2.23. The number of anilines is 1. The normalized spacial score (nSPS) is 15.2. The predicted molar refractivity (Wildman–Crippen MR) is 81.8 cm³/mol. The van der Waals surface area contributed by atoms with Gasteiger partial charge in [0.15, 0.2) is 5.78 Å². The summed E-state index contributed by atoms with van der Waals surface area (Å²) in [4.78, 5) is 14.9. The van der Waals surface area contributed by atoms with Gasteiger partial charge in [-0.25, -0.2) is 0 Å². The van der Waals surface area contributed by atoms with Crippen molar-refractivity contribution >= 4 is 11.5 Å². The molecule has 1 aliphatic heterocycles. The number of hydrogen-bond acceptors (Lipinski definition) is 4. The van der Waals surface area contributed by atoms with Gasteiger partial charge >= 0.3 is 0 Å². The van der Waals surface area contributed by atoms with Gasteiger partial charge in [-0.2, -0.15) is 0 Å². The molecule has 0 bridgehead atoms. The lowest BCUT2D eigenvalue weighted by Gasteiger charge is -2.28. The van der Waals surface area contributed by atoms with E-state index in [1.165, 1.54) is 0 Å². The van der Waals surface area contributed by atoms with Crippen molar-refractivity contribution in [3.63, 3.8) is 0 Å². The largest absolute Gasteiger partial charge is 0.490 e. The van der Waals surface area contributed by atoms with E-state index in [1.807, 2.05) is 18.2 Å². The SMILES string of the molecule is CCC(C(=O)c1ccc2c(c1)NCCO2)N(CC)CC. The first-order valence-corrected chi connectivity index (χ1v) is 7.50. The van der Waals surface area contributed by atoms with Crippen LogP contribution in [-0.4, -0.2) is 43.0 Å². The number of ether oxygens (including phenoxy) is 1. The van der Waals surface area contributed by atoms with Gasteiger partial charge in [0.1, 0.15) is 12.4 Å². The Morgan fingerprint density at radius 2 is 2.10 bits per heavy atom. The third-order valence-electron chi connectivity index (χ3n) is 3.88. The molecule has 0 spiro atoms. The van der Waals surface area contributed by atoms with Crippen molar-refractivity contribution in [3.05, 3.63) is 23.8 Å². The highest BCUT2D eigenvalue weighted by Crippen LogP contribution is 2.29. The summed E-state index contributed by atoms with van der Waals surface area (Å²) in [5.41, 5.74) is 1.69. The Kier molecular flexibility index (Phi) is 5.01. The Hall–Kier alpha value is -1.55. The summed E-state index contributed by atoms with van der Waals surface area (Å²) in [7, 11) is 0. The van der Waals surface area contributed by atoms with Gasteiger partial charge in [0, 0.05) is 12.1 Å². The van der Waals surface area contributed by atoms with Crippen molar-refractivity contribution in [2.24, 2.45) is 0 Å². The number of ketones is 1. The van der Waals surface area contributed by atoms with E-state index in [1.54, 1.807) is 0 Å². The van der Waals surface area contributed by atoms with Crippen LogP contribution in [0.3, 0.4) is 0 Å². The summed E-state index contributed by atoms with van der Waals surface area (Å²) < 4.78 is 5.55. The zero-order valence-electron chi connectivity index (χ0n) is 12.6. The average molecular weight is 276 g/mol. The summed E-state index contributed by atoms with van der Waals surface area (Å²) in [6.45, 7) is 9.53. The van der Waals surface area contributed by atoms with Crippen LogP contribution in [0.15, 0.2) is 18.2 Å². The minimum atomic E-state index is -0.0347. The van der Waals surface area contributed by atoms with Gasteiger partial charge < -0.3 is 10.1 Å². The minimum absolute atomic E-state index is 0.0347. The lowest BCUT2D eigenvalue weighted by atomic mass is 9.99. The maximum atomic E-state index is 12.7. The van der Waals surface area contributed by atoms with Crippen LogP contribution in [0.1, 0.15) is 37.6 Å². The van der Waals surface area contributed by atoms with Crippen LogP contribution in [0.2, 0.25) is 0 Å². The summed E-state index contributed by atoms with van der Waals surface area (Å²) in [5.74, 6) is 1.04. The van der Waals surface area contributed by atoms with Gasteiger partial charge in [-0.3, -0.25) is 9.69 Å². The summed E-state index contributed by atoms with van der Waals surface area (Å²) in [6.07, 6.45) is 0.835. The van der Waals surface area contributed by atoms with Gasteiger partial charge in [0.2, 0.25) is 0 Å². The zero-order chi connectivity index (χ0) is 14.5. The highest BCUT2D eigenvalue weighted by molar-refractivity contribution is 6.01. The van der Waals surface area contributed by atoms with Crippen molar-refractivity contribution < 1.29 is 9.53 Å². The molecule has 4 nitrogen and oxygen atoms in total.